The van der Waals surface area contributed by atoms with Gasteiger partial charge in [0, 0.05) is 25.2 Å². The third-order valence-electron chi connectivity index (χ3n) is 3.75. The summed E-state index contributed by atoms with van der Waals surface area (Å²) in [6, 6.07) is 7.66. The highest BCUT2D eigenvalue weighted by molar-refractivity contribution is 14.0. The van der Waals surface area contributed by atoms with Gasteiger partial charge in [-0.15, -0.1) is 24.0 Å². The quantitative estimate of drug-likeness (QED) is 0.292. The summed E-state index contributed by atoms with van der Waals surface area (Å²) in [5.74, 6) is 0.598. The molecule has 0 spiro atoms. The molecule has 24 heavy (non-hydrogen) atoms. The molecule has 1 fully saturated rings. The number of nitrogens with one attached hydrogen (secondary N) is 3. The van der Waals surface area contributed by atoms with E-state index in [0.29, 0.717) is 24.1 Å². The molecule has 2 amide bonds. The lowest BCUT2D eigenvalue weighted by Gasteiger charge is -2.12. The van der Waals surface area contributed by atoms with Crippen molar-refractivity contribution in [2.24, 2.45) is 16.6 Å². The molecule has 2 atom stereocenters. The second kappa shape index (κ2) is 9.45. The van der Waals surface area contributed by atoms with Gasteiger partial charge in [0.15, 0.2) is 5.96 Å². The minimum absolute atomic E-state index is 0. The molecular weight excluding hydrogens is 421 g/mol. The summed E-state index contributed by atoms with van der Waals surface area (Å²) in [5, 5.41) is 9.04. The number of nitrogens with two attached hydrogens (primary N) is 1. The van der Waals surface area contributed by atoms with Crippen molar-refractivity contribution in [2.45, 2.75) is 25.9 Å². The molecule has 2 rings (SSSR count). The molecule has 5 N–H and O–H groups in total. The molecule has 0 aliphatic heterocycles. The first-order valence-electron chi connectivity index (χ1n) is 7.62. The number of carbonyl (C=O) groups is 2. The van der Waals surface area contributed by atoms with Crippen molar-refractivity contribution in [3.8, 4) is 0 Å². The van der Waals surface area contributed by atoms with Gasteiger partial charge in [0.2, 0.25) is 5.91 Å². The van der Waals surface area contributed by atoms with Crippen LogP contribution in [0, 0.1) is 5.92 Å². The Morgan fingerprint density at radius 2 is 1.88 bits per heavy atom. The lowest BCUT2D eigenvalue weighted by molar-refractivity contribution is -0.117. The molecule has 0 radical (unpaired) electrons. The Bertz CT molecular complexity index is 603. The zero-order valence-electron chi connectivity index (χ0n) is 13.8. The molecule has 2 unspecified atom stereocenters. The molecule has 0 saturated heterocycles. The fourth-order valence-corrected chi connectivity index (χ4v) is 2.12. The van der Waals surface area contributed by atoms with Crippen LogP contribution in [0.25, 0.3) is 0 Å². The van der Waals surface area contributed by atoms with Gasteiger partial charge < -0.3 is 21.7 Å². The van der Waals surface area contributed by atoms with Crippen LogP contribution in [0.4, 0.5) is 0 Å². The Morgan fingerprint density at radius 1 is 1.25 bits per heavy atom. The van der Waals surface area contributed by atoms with E-state index in [1.54, 1.807) is 19.2 Å². The van der Waals surface area contributed by atoms with E-state index in [0.717, 1.165) is 11.5 Å². The number of guanidine groups is 1. The molecule has 1 aromatic rings. The van der Waals surface area contributed by atoms with Crippen LogP contribution in [0.5, 0.6) is 0 Å². The number of primary amides is 1. The van der Waals surface area contributed by atoms with Crippen molar-refractivity contribution >= 4 is 41.8 Å². The molecule has 132 valence electrons. The molecule has 7 nitrogen and oxygen atoms in total. The predicted octanol–water partition coefficient (Wildman–Crippen LogP) is 0.593. The molecule has 1 saturated carbocycles. The predicted molar refractivity (Wildman–Crippen MR) is 104 cm³/mol. The minimum atomic E-state index is -0.567. The van der Waals surface area contributed by atoms with E-state index in [2.05, 4.69) is 27.9 Å². The van der Waals surface area contributed by atoms with Gasteiger partial charge in [-0.3, -0.25) is 14.6 Å². The molecule has 0 bridgehead atoms. The van der Waals surface area contributed by atoms with Crippen LogP contribution in [-0.4, -0.2) is 37.4 Å². The van der Waals surface area contributed by atoms with Crippen molar-refractivity contribution in [1.29, 1.82) is 0 Å². The van der Waals surface area contributed by atoms with Crippen molar-refractivity contribution in [1.82, 2.24) is 16.0 Å². The van der Waals surface area contributed by atoms with Gasteiger partial charge in [-0.25, -0.2) is 0 Å². The van der Waals surface area contributed by atoms with Crippen LogP contribution in [0.1, 0.15) is 29.3 Å². The second-order valence-electron chi connectivity index (χ2n) is 5.74. The standard InChI is InChI=1S/C16H23N5O2.HI/c1-10-7-13(10)21-16(18-2)20-8-11-3-5-12(6-4-11)15(23)19-9-14(17)22;/h3-6,10,13H,7-9H2,1-2H3,(H2,17,22)(H,19,23)(H2,18,20,21);1H. The van der Waals surface area contributed by atoms with Crippen LogP contribution in [0.15, 0.2) is 29.3 Å². The van der Waals surface area contributed by atoms with Gasteiger partial charge >= 0.3 is 0 Å². The number of benzene rings is 1. The minimum Gasteiger partial charge on any atom is -0.368 e. The van der Waals surface area contributed by atoms with E-state index in [1.807, 2.05) is 12.1 Å². The summed E-state index contributed by atoms with van der Waals surface area (Å²) in [6.07, 6.45) is 1.18. The Morgan fingerprint density at radius 3 is 2.38 bits per heavy atom. The number of hydrogen-bond acceptors (Lipinski definition) is 3. The maximum atomic E-state index is 11.8. The summed E-state index contributed by atoms with van der Waals surface area (Å²) in [4.78, 5) is 26.6. The van der Waals surface area contributed by atoms with Gasteiger partial charge in [0.25, 0.3) is 5.91 Å². The summed E-state index contributed by atoms with van der Waals surface area (Å²) in [5.41, 5.74) is 6.51. The van der Waals surface area contributed by atoms with Gasteiger partial charge in [-0.2, -0.15) is 0 Å². The first-order chi connectivity index (χ1) is 11.0. The smallest absolute Gasteiger partial charge is 0.251 e. The zero-order valence-corrected chi connectivity index (χ0v) is 16.2. The van der Waals surface area contributed by atoms with Crippen molar-refractivity contribution in [3.63, 3.8) is 0 Å². The molecule has 0 aromatic heterocycles. The largest absolute Gasteiger partial charge is 0.368 e. The van der Waals surface area contributed by atoms with Crippen molar-refractivity contribution < 1.29 is 9.59 Å². The fourth-order valence-electron chi connectivity index (χ4n) is 2.12. The number of halogens is 1. The maximum absolute atomic E-state index is 11.8. The van der Waals surface area contributed by atoms with E-state index in [4.69, 9.17) is 5.73 Å². The summed E-state index contributed by atoms with van der Waals surface area (Å²) < 4.78 is 0. The first kappa shape index (κ1) is 20.2. The zero-order chi connectivity index (χ0) is 16.8. The average Bonchev–Trinajstić information content (AvgIpc) is 3.24. The van der Waals surface area contributed by atoms with E-state index >= 15 is 0 Å². The van der Waals surface area contributed by atoms with Crippen molar-refractivity contribution in [2.75, 3.05) is 13.6 Å². The fraction of sp³-hybridized carbons (Fsp3) is 0.438. The molecular formula is C16H24IN5O2. The Labute approximate surface area is 158 Å². The van der Waals surface area contributed by atoms with Crippen LogP contribution in [0.3, 0.4) is 0 Å². The van der Waals surface area contributed by atoms with Crippen LogP contribution < -0.4 is 21.7 Å². The van der Waals surface area contributed by atoms with Gasteiger partial charge in [-0.05, 0) is 30.0 Å². The average molecular weight is 445 g/mol. The summed E-state index contributed by atoms with van der Waals surface area (Å²) in [6.45, 7) is 2.65. The Kier molecular flexibility index (Phi) is 7.96. The number of amides is 2. The molecule has 1 aliphatic carbocycles. The van der Waals surface area contributed by atoms with Crippen LogP contribution in [0.2, 0.25) is 0 Å². The van der Waals surface area contributed by atoms with Gasteiger partial charge in [-0.1, -0.05) is 19.1 Å². The maximum Gasteiger partial charge on any atom is 0.251 e. The van der Waals surface area contributed by atoms with E-state index in [1.165, 1.54) is 6.42 Å². The third kappa shape index (κ3) is 6.34. The summed E-state index contributed by atoms with van der Waals surface area (Å²) >= 11 is 0. The number of hydrogen-bond donors (Lipinski definition) is 4. The SMILES string of the molecule is CN=C(NCc1ccc(C(=O)NCC(N)=O)cc1)NC1CC1C.I. The van der Waals surface area contributed by atoms with E-state index in [-0.39, 0.29) is 36.4 Å². The van der Waals surface area contributed by atoms with Crippen LogP contribution in [-0.2, 0) is 11.3 Å². The number of rotatable bonds is 6. The monoisotopic (exact) mass is 445 g/mol. The van der Waals surface area contributed by atoms with Gasteiger partial charge in [0.1, 0.15) is 0 Å². The van der Waals surface area contributed by atoms with E-state index in [9.17, 15) is 9.59 Å². The number of aliphatic imine (C=N–C) groups is 1. The van der Waals surface area contributed by atoms with Crippen LogP contribution >= 0.6 is 24.0 Å². The lowest BCUT2D eigenvalue weighted by Crippen LogP contribution is -2.38. The highest BCUT2D eigenvalue weighted by Gasteiger charge is 2.33. The molecule has 0 heterocycles. The topological polar surface area (TPSA) is 109 Å². The lowest BCUT2D eigenvalue weighted by atomic mass is 10.1. The van der Waals surface area contributed by atoms with Gasteiger partial charge in [0.05, 0.1) is 6.54 Å². The Balaban J connectivity index is 0.00000288. The normalized spacial score (nSPS) is 19.0. The molecule has 1 aliphatic rings. The third-order valence-corrected chi connectivity index (χ3v) is 3.75. The van der Waals surface area contributed by atoms with E-state index < -0.39 is 5.91 Å². The second-order valence-corrected chi connectivity index (χ2v) is 5.74. The van der Waals surface area contributed by atoms with Crippen molar-refractivity contribution in [3.05, 3.63) is 35.4 Å². The summed E-state index contributed by atoms with van der Waals surface area (Å²) in [7, 11) is 1.74. The highest BCUT2D eigenvalue weighted by atomic mass is 127. The first-order valence-corrected chi connectivity index (χ1v) is 7.62. The number of carbonyl (C=O) groups excluding carboxylic acids is 2. The number of nitrogens with zero attached hydrogens (tertiary/aromatic N) is 1. The molecule has 1 aromatic carbocycles. The highest BCUT2D eigenvalue weighted by Crippen LogP contribution is 2.28. The molecule has 8 heteroatoms. The Hall–Kier alpha value is -1.84.